The van der Waals surface area contributed by atoms with Gasteiger partial charge in [-0.3, -0.25) is 4.79 Å². The van der Waals surface area contributed by atoms with Crippen molar-refractivity contribution < 1.29 is 9.21 Å². The minimum absolute atomic E-state index is 0.0342. The Balaban J connectivity index is 1.59. The molecule has 9 heteroatoms. The fraction of sp³-hybridized carbons (Fsp3) is 0.235. The molecule has 26 heavy (non-hydrogen) atoms. The molecule has 0 aliphatic rings. The van der Waals surface area contributed by atoms with Gasteiger partial charge in [-0.25, -0.2) is 0 Å². The summed E-state index contributed by atoms with van der Waals surface area (Å²) in [7, 11) is 0. The van der Waals surface area contributed by atoms with Crippen LogP contribution in [0, 0.1) is 0 Å². The quantitative estimate of drug-likeness (QED) is 0.361. The van der Waals surface area contributed by atoms with Crippen LogP contribution in [0.3, 0.4) is 0 Å². The van der Waals surface area contributed by atoms with Crippen LogP contribution in [-0.2, 0) is 17.9 Å². The van der Waals surface area contributed by atoms with Crippen LogP contribution in [0.2, 0.25) is 0 Å². The predicted octanol–water partition coefficient (Wildman–Crippen LogP) is 4.05. The van der Waals surface area contributed by atoms with Gasteiger partial charge in [0.2, 0.25) is 5.91 Å². The first-order chi connectivity index (χ1) is 12.7. The van der Waals surface area contributed by atoms with Crippen LogP contribution in [0.15, 0.2) is 62.9 Å². The zero-order valence-corrected chi connectivity index (χ0v) is 17.1. The first kappa shape index (κ1) is 18.9. The lowest BCUT2D eigenvalue weighted by molar-refractivity contribution is -0.128. The minimum Gasteiger partial charge on any atom is -0.467 e. The molecule has 3 aromatic rings. The number of hydrogen-bond acceptors (Lipinski definition) is 6. The van der Waals surface area contributed by atoms with Crippen molar-refractivity contribution >= 4 is 44.9 Å². The van der Waals surface area contributed by atoms with Gasteiger partial charge < -0.3 is 13.9 Å². The van der Waals surface area contributed by atoms with Crippen molar-refractivity contribution in [3.63, 3.8) is 0 Å². The molecule has 0 saturated carbocycles. The number of nitrogens with zero attached hydrogens (tertiary/aromatic N) is 4. The number of thiophene rings is 1. The van der Waals surface area contributed by atoms with E-state index in [2.05, 4.69) is 32.7 Å². The van der Waals surface area contributed by atoms with Crippen LogP contribution in [0.25, 0.3) is 0 Å². The summed E-state index contributed by atoms with van der Waals surface area (Å²) in [6, 6.07) is 7.74. The second kappa shape index (κ2) is 9.20. The maximum absolute atomic E-state index is 12.6. The molecule has 0 spiro atoms. The maximum atomic E-state index is 12.6. The zero-order chi connectivity index (χ0) is 18.4. The van der Waals surface area contributed by atoms with E-state index in [1.54, 1.807) is 34.9 Å². The van der Waals surface area contributed by atoms with E-state index in [-0.39, 0.29) is 11.7 Å². The Bertz CT molecular complexity index is 860. The number of aromatic nitrogens is 3. The van der Waals surface area contributed by atoms with Crippen LogP contribution in [-0.4, -0.2) is 37.9 Å². The van der Waals surface area contributed by atoms with Crippen LogP contribution in [0.4, 0.5) is 0 Å². The Morgan fingerprint density at radius 2 is 2.35 bits per heavy atom. The summed E-state index contributed by atoms with van der Waals surface area (Å²) in [6.45, 7) is 5.37. The standard InChI is InChI=1S/C17H17BrN4O2S2/c1-2-7-21(10-14-5-6-15(18)26-14)16(23)11-25-17-20-19-12-22(17)9-13-4-3-8-24-13/h2-6,8,12H,1,7,9-11H2. The molecule has 3 rings (SSSR count). The van der Waals surface area contributed by atoms with Gasteiger partial charge >= 0.3 is 0 Å². The average molecular weight is 453 g/mol. The highest BCUT2D eigenvalue weighted by atomic mass is 79.9. The molecule has 0 unspecified atom stereocenters. The molecule has 136 valence electrons. The highest BCUT2D eigenvalue weighted by Gasteiger charge is 2.16. The summed E-state index contributed by atoms with van der Waals surface area (Å²) in [4.78, 5) is 15.5. The molecule has 0 aliphatic heterocycles. The smallest absolute Gasteiger partial charge is 0.233 e. The molecule has 1 amide bonds. The number of hydrogen-bond donors (Lipinski definition) is 0. The number of halogens is 1. The molecular formula is C17H17BrN4O2S2. The predicted molar refractivity (Wildman–Crippen MR) is 106 cm³/mol. The number of carbonyl (C=O) groups excluding carboxylic acids is 1. The monoisotopic (exact) mass is 452 g/mol. The average Bonchev–Trinajstić information content (AvgIpc) is 3.36. The van der Waals surface area contributed by atoms with Crippen LogP contribution < -0.4 is 0 Å². The van der Waals surface area contributed by atoms with Crippen LogP contribution in [0.1, 0.15) is 10.6 Å². The maximum Gasteiger partial charge on any atom is 0.233 e. The highest BCUT2D eigenvalue weighted by molar-refractivity contribution is 9.11. The highest BCUT2D eigenvalue weighted by Crippen LogP contribution is 2.24. The molecular weight excluding hydrogens is 436 g/mol. The fourth-order valence-electron chi connectivity index (χ4n) is 2.29. The van der Waals surface area contributed by atoms with E-state index in [1.165, 1.54) is 11.8 Å². The molecule has 0 aromatic carbocycles. The van der Waals surface area contributed by atoms with Crippen LogP contribution >= 0.6 is 39.0 Å². The van der Waals surface area contributed by atoms with Crippen molar-refractivity contribution in [3.8, 4) is 0 Å². The summed E-state index contributed by atoms with van der Waals surface area (Å²) in [5, 5.41) is 8.73. The lowest BCUT2D eigenvalue weighted by Crippen LogP contribution is -2.31. The van der Waals surface area contributed by atoms with Gasteiger partial charge in [-0.05, 0) is 40.2 Å². The van der Waals surface area contributed by atoms with E-state index in [0.29, 0.717) is 24.8 Å². The topological polar surface area (TPSA) is 64.2 Å². The Morgan fingerprint density at radius 3 is 3.04 bits per heavy atom. The Labute approximate surface area is 168 Å². The lowest BCUT2D eigenvalue weighted by atomic mass is 10.4. The number of amides is 1. The van der Waals surface area contributed by atoms with Gasteiger partial charge in [0.25, 0.3) is 0 Å². The van der Waals surface area contributed by atoms with Gasteiger partial charge in [0.15, 0.2) is 5.16 Å². The molecule has 0 radical (unpaired) electrons. The number of rotatable bonds is 9. The first-order valence-corrected chi connectivity index (χ1v) is 10.4. The third-order valence-electron chi connectivity index (χ3n) is 3.49. The number of thioether (sulfide) groups is 1. The summed E-state index contributed by atoms with van der Waals surface area (Å²) in [6.07, 6.45) is 5.01. The third-order valence-corrected chi connectivity index (χ3v) is 6.06. The SMILES string of the molecule is C=CCN(Cc1ccc(Br)s1)C(=O)CSc1nncn1Cc1ccco1. The van der Waals surface area contributed by atoms with Crippen LogP contribution in [0.5, 0.6) is 0 Å². The van der Waals surface area contributed by atoms with E-state index in [0.717, 1.165) is 14.4 Å². The second-order valence-corrected chi connectivity index (χ2v) is 8.87. The summed E-state index contributed by atoms with van der Waals surface area (Å²) < 4.78 is 8.27. The summed E-state index contributed by atoms with van der Waals surface area (Å²) in [5.74, 6) is 1.14. The molecule has 0 fully saturated rings. The lowest BCUT2D eigenvalue weighted by Gasteiger charge is -2.20. The molecule has 6 nitrogen and oxygen atoms in total. The molecule has 0 atom stereocenters. The van der Waals surface area contributed by atoms with E-state index >= 15 is 0 Å². The van der Waals surface area contributed by atoms with E-state index < -0.39 is 0 Å². The van der Waals surface area contributed by atoms with Gasteiger partial charge in [-0.15, -0.1) is 28.1 Å². The number of furan rings is 1. The van der Waals surface area contributed by atoms with Crippen molar-refractivity contribution in [2.75, 3.05) is 12.3 Å². The molecule has 3 heterocycles. The van der Waals surface area contributed by atoms with Crippen molar-refractivity contribution in [1.29, 1.82) is 0 Å². The van der Waals surface area contributed by atoms with E-state index in [4.69, 9.17) is 4.42 Å². The summed E-state index contributed by atoms with van der Waals surface area (Å²) >= 11 is 6.45. The number of carbonyl (C=O) groups is 1. The normalized spacial score (nSPS) is 10.8. The van der Waals surface area contributed by atoms with Gasteiger partial charge in [-0.1, -0.05) is 17.8 Å². The van der Waals surface area contributed by atoms with Gasteiger partial charge in [0, 0.05) is 11.4 Å². The Kier molecular flexibility index (Phi) is 6.70. The van der Waals surface area contributed by atoms with Crippen molar-refractivity contribution in [2.45, 2.75) is 18.2 Å². The molecule has 0 saturated heterocycles. The second-order valence-electron chi connectivity index (χ2n) is 5.38. The molecule has 0 bridgehead atoms. The largest absolute Gasteiger partial charge is 0.467 e. The van der Waals surface area contributed by atoms with E-state index in [1.807, 2.05) is 28.8 Å². The van der Waals surface area contributed by atoms with E-state index in [9.17, 15) is 4.79 Å². The Morgan fingerprint density at radius 1 is 1.46 bits per heavy atom. The third kappa shape index (κ3) is 5.09. The summed E-state index contributed by atoms with van der Waals surface area (Å²) in [5.41, 5.74) is 0. The van der Waals surface area contributed by atoms with Crippen molar-refractivity contribution in [2.24, 2.45) is 0 Å². The Hall–Kier alpha value is -1.84. The molecule has 0 aliphatic carbocycles. The molecule has 0 N–H and O–H groups in total. The zero-order valence-electron chi connectivity index (χ0n) is 13.9. The van der Waals surface area contributed by atoms with Gasteiger partial charge in [0.05, 0.1) is 28.9 Å². The van der Waals surface area contributed by atoms with Gasteiger partial charge in [-0.2, -0.15) is 0 Å². The van der Waals surface area contributed by atoms with Gasteiger partial charge in [0.1, 0.15) is 12.1 Å². The van der Waals surface area contributed by atoms with Crippen molar-refractivity contribution in [1.82, 2.24) is 19.7 Å². The first-order valence-electron chi connectivity index (χ1n) is 7.81. The fourth-order valence-corrected chi connectivity index (χ4v) is 4.60. The molecule has 3 aromatic heterocycles. The van der Waals surface area contributed by atoms with Crippen molar-refractivity contribution in [3.05, 3.63) is 63.9 Å². The minimum atomic E-state index is 0.0342.